The second kappa shape index (κ2) is 7.50. The van der Waals surface area contributed by atoms with Gasteiger partial charge >= 0.3 is 0 Å². The van der Waals surface area contributed by atoms with Crippen molar-refractivity contribution in [2.45, 2.75) is 32.7 Å². The first-order chi connectivity index (χ1) is 9.65. The lowest BCUT2D eigenvalue weighted by Gasteiger charge is -2.18. The maximum atomic E-state index is 13.8. The topological polar surface area (TPSA) is 24.9 Å². The smallest absolute Gasteiger partial charge is 0.126 e. The summed E-state index contributed by atoms with van der Waals surface area (Å²) in [6, 6.07) is 7.48. The summed E-state index contributed by atoms with van der Waals surface area (Å²) in [7, 11) is 0. The van der Waals surface area contributed by atoms with Crippen LogP contribution in [0.2, 0.25) is 0 Å². The Hall–Kier alpha value is -1.26. The average Bonchev–Trinajstić information content (AvgIpc) is 2.91. The molecular formula is C16H21FN2S. The number of halogens is 1. The lowest BCUT2D eigenvalue weighted by atomic mass is 9.95. The van der Waals surface area contributed by atoms with Gasteiger partial charge < -0.3 is 5.32 Å². The number of thiazole rings is 1. The highest BCUT2D eigenvalue weighted by Gasteiger charge is 2.14. The van der Waals surface area contributed by atoms with Gasteiger partial charge in [0.05, 0.1) is 5.01 Å². The molecule has 20 heavy (non-hydrogen) atoms. The quantitative estimate of drug-likeness (QED) is 0.842. The Bertz CT molecular complexity index is 511. The first-order valence-corrected chi connectivity index (χ1v) is 7.88. The molecule has 2 rings (SSSR count). The number of nitrogens with one attached hydrogen (secondary N) is 1. The van der Waals surface area contributed by atoms with Crippen molar-refractivity contribution in [3.63, 3.8) is 0 Å². The van der Waals surface area contributed by atoms with Gasteiger partial charge in [-0.15, -0.1) is 11.3 Å². The van der Waals surface area contributed by atoms with Crippen LogP contribution in [0.3, 0.4) is 0 Å². The highest BCUT2D eigenvalue weighted by atomic mass is 32.1. The summed E-state index contributed by atoms with van der Waals surface area (Å²) in [5.74, 6) is 0.252. The van der Waals surface area contributed by atoms with Crippen LogP contribution in [0.5, 0.6) is 0 Å². The fourth-order valence-corrected chi connectivity index (χ4v) is 2.93. The Morgan fingerprint density at radius 1 is 1.25 bits per heavy atom. The molecule has 0 amide bonds. The van der Waals surface area contributed by atoms with E-state index in [0.29, 0.717) is 12.0 Å². The van der Waals surface area contributed by atoms with Gasteiger partial charge in [-0.05, 0) is 30.5 Å². The number of rotatable bonds is 7. The van der Waals surface area contributed by atoms with Crippen LogP contribution in [-0.4, -0.2) is 17.6 Å². The molecular weight excluding hydrogens is 271 g/mol. The van der Waals surface area contributed by atoms with Crippen molar-refractivity contribution in [2.75, 3.05) is 6.54 Å². The summed E-state index contributed by atoms with van der Waals surface area (Å²) in [5.41, 5.74) is 0.791. The van der Waals surface area contributed by atoms with E-state index in [0.717, 1.165) is 30.0 Å². The first-order valence-electron chi connectivity index (χ1n) is 7.00. The third-order valence-corrected chi connectivity index (χ3v) is 4.03. The molecule has 1 atom stereocenters. The van der Waals surface area contributed by atoms with Crippen molar-refractivity contribution in [2.24, 2.45) is 5.92 Å². The van der Waals surface area contributed by atoms with E-state index in [1.807, 2.05) is 23.7 Å². The number of aromatic nitrogens is 1. The molecule has 1 heterocycles. The fourth-order valence-electron chi connectivity index (χ4n) is 2.19. The molecule has 0 aliphatic carbocycles. The minimum Gasteiger partial charge on any atom is -0.314 e. The van der Waals surface area contributed by atoms with E-state index in [4.69, 9.17) is 0 Å². The Balaban J connectivity index is 2.03. The molecule has 1 unspecified atom stereocenters. The van der Waals surface area contributed by atoms with Crippen molar-refractivity contribution in [3.05, 3.63) is 52.2 Å². The van der Waals surface area contributed by atoms with Gasteiger partial charge in [-0.3, -0.25) is 0 Å². The van der Waals surface area contributed by atoms with Gasteiger partial charge in [0.25, 0.3) is 0 Å². The van der Waals surface area contributed by atoms with Gasteiger partial charge in [0.2, 0.25) is 0 Å². The molecule has 0 aliphatic rings. The number of benzene rings is 1. The minimum absolute atomic E-state index is 0.110. The highest BCUT2D eigenvalue weighted by Crippen LogP contribution is 2.18. The molecule has 0 aliphatic heterocycles. The van der Waals surface area contributed by atoms with Gasteiger partial charge in [0, 0.05) is 24.0 Å². The lowest BCUT2D eigenvalue weighted by molar-refractivity contribution is 0.437. The second-order valence-electron chi connectivity index (χ2n) is 5.35. The maximum absolute atomic E-state index is 13.8. The number of hydrogen-bond acceptors (Lipinski definition) is 3. The molecule has 2 nitrogen and oxygen atoms in total. The molecule has 0 spiro atoms. The normalized spacial score (nSPS) is 12.8. The third-order valence-electron chi connectivity index (χ3n) is 3.23. The molecule has 1 aromatic heterocycles. The van der Waals surface area contributed by atoms with Crippen molar-refractivity contribution in [1.82, 2.24) is 10.3 Å². The Labute approximate surface area is 124 Å². The van der Waals surface area contributed by atoms with Crippen molar-refractivity contribution < 1.29 is 4.39 Å². The van der Waals surface area contributed by atoms with Crippen molar-refractivity contribution >= 4 is 11.3 Å². The van der Waals surface area contributed by atoms with Crippen LogP contribution in [0.15, 0.2) is 35.8 Å². The van der Waals surface area contributed by atoms with Gasteiger partial charge in [-0.2, -0.15) is 0 Å². The van der Waals surface area contributed by atoms with Crippen LogP contribution in [0.4, 0.5) is 4.39 Å². The molecule has 0 bridgehead atoms. The number of nitrogens with zero attached hydrogens (tertiary/aromatic N) is 1. The van der Waals surface area contributed by atoms with Crippen LogP contribution < -0.4 is 5.32 Å². The van der Waals surface area contributed by atoms with E-state index in [-0.39, 0.29) is 5.82 Å². The zero-order valence-electron chi connectivity index (χ0n) is 12.0. The van der Waals surface area contributed by atoms with Crippen LogP contribution in [-0.2, 0) is 12.8 Å². The predicted octanol–water partition coefficient (Wildman–Crippen LogP) is 3.68. The van der Waals surface area contributed by atoms with Gasteiger partial charge in [0.15, 0.2) is 0 Å². The summed E-state index contributed by atoms with van der Waals surface area (Å²) >= 11 is 1.67. The SMILES string of the molecule is CC(C)NCC(Cc1nccs1)Cc1ccccc1F. The minimum atomic E-state index is -0.110. The largest absolute Gasteiger partial charge is 0.314 e. The van der Waals surface area contributed by atoms with Crippen molar-refractivity contribution in [1.29, 1.82) is 0 Å². The molecule has 0 saturated heterocycles. The van der Waals surface area contributed by atoms with Crippen LogP contribution in [0.1, 0.15) is 24.4 Å². The van der Waals surface area contributed by atoms with E-state index in [2.05, 4.69) is 24.1 Å². The maximum Gasteiger partial charge on any atom is 0.126 e. The molecule has 0 fully saturated rings. The summed E-state index contributed by atoms with van der Waals surface area (Å²) in [5, 5.41) is 6.57. The molecule has 0 saturated carbocycles. The summed E-state index contributed by atoms with van der Waals surface area (Å²) in [4.78, 5) is 4.34. The predicted molar refractivity (Wildman–Crippen MR) is 82.6 cm³/mol. The molecule has 4 heteroatoms. The van der Waals surface area contributed by atoms with Gasteiger partial charge in [0.1, 0.15) is 5.82 Å². The van der Waals surface area contributed by atoms with E-state index >= 15 is 0 Å². The molecule has 2 aromatic rings. The molecule has 1 N–H and O–H groups in total. The standard InChI is InChI=1S/C16H21FN2S/c1-12(2)19-11-13(10-16-18-7-8-20-16)9-14-5-3-4-6-15(14)17/h3-8,12-13,19H,9-11H2,1-2H3. The van der Waals surface area contributed by atoms with Crippen LogP contribution in [0.25, 0.3) is 0 Å². The zero-order chi connectivity index (χ0) is 14.4. The van der Waals surface area contributed by atoms with Gasteiger partial charge in [-0.25, -0.2) is 9.37 Å². The highest BCUT2D eigenvalue weighted by molar-refractivity contribution is 7.09. The van der Waals surface area contributed by atoms with Crippen molar-refractivity contribution in [3.8, 4) is 0 Å². The third kappa shape index (κ3) is 4.69. The van der Waals surface area contributed by atoms with Gasteiger partial charge in [-0.1, -0.05) is 32.0 Å². The summed E-state index contributed by atoms with van der Waals surface area (Å²) in [6.07, 6.45) is 3.47. The second-order valence-corrected chi connectivity index (χ2v) is 6.33. The van der Waals surface area contributed by atoms with Crippen LogP contribution >= 0.6 is 11.3 Å². The van der Waals surface area contributed by atoms with Crippen LogP contribution in [0, 0.1) is 11.7 Å². The molecule has 1 aromatic carbocycles. The average molecular weight is 292 g/mol. The lowest BCUT2D eigenvalue weighted by Crippen LogP contribution is -2.31. The zero-order valence-corrected chi connectivity index (χ0v) is 12.8. The first kappa shape index (κ1) is 15.1. The molecule has 0 radical (unpaired) electrons. The Morgan fingerprint density at radius 2 is 2.05 bits per heavy atom. The van der Waals surface area contributed by atoms with E-state index in [1.165, 1.54) is 6.07 Å². The number of hydrogen-bond donors (Lipinski definition) is 1. The monoisotopic (exact) mass is 292 g/mol. The summed E-state index contributed by atoms with van der Waals surface area (Å²) < 4.78 is 13.8. The van der Waals surface area contributed by atoms with E-state index in [1.54, 1.807) is 17.4 Å². The van der Waals surface area contributed by atoms with E-state index in [9.17, 15) is 4.39 Å². The van der Waals surface area contributed by atoms with E-state index < -0.39 is 0 Å². The molecule has 108 valence electrons. The Kier molecular flexibility index (Phi) is 5.68. The fraction of sp³-hybridized carbons (Fsp3) is 0.438. The summed E-state index contributed by atoms with van der Waals surface area (Å²) in [6.45, 7) is 5.14. The Morgan fingerprint density at radius 3 is 2.70 bits per heavy atom.